The highest BCUT2D eigenvalue weighted by molar-refractivity contribution is 7.16. The van der Waals surface area contributed by atoms with Gasteiger partial charge in [-0.05, 0) is 43.7 Å². The van der Waals surface area contributed by atoms with E-state index in [9.17, 15) is 9.59 Å². The Bertz CT molecular complexity index is 955. The number of hydrazine groups is 1. The Kier molecular flexibility index (Phi) is 5.34. The van der Waals surface area contributed by atoms with E-state index in [1.54, 1.807) is 37.3 Å². The Morgan fingerprint density at radius 1 is 1.04 bits per heavy atom. The molecule has 3 aromatic rings. The summed E-state index contributed by atoms with van der Waals surface area (Å²) < 4.78 is 5.30. The van der Waals surface area contributed by atoms with Gasteiger partial charge in [0.15, 0.2) is 0 Å². The van der Waals surface area contributed by atoms with E-state index in [0.717, 1.165) is 15.3 Å². The molecule has 0 unspecified atom stereocenters. The van der Waals surface area contributed by atoms with Gasteiger partial charge in [0.05, 0.1) is 5.56 Å². The average molecular weight is 366 g/mol. The van der Waals surface area contributed by atoms with E-state index in [0.29, 0.717) is 17.1 Å². The summed E-state index contributed by atoms with van der Waals surface area (Å²) in [4.78, 5) is 26.0. The lowest BCUT2D eigenvalue weighted by atomic mass is 10.2. The minimum Gasteiger partial charge on any atom is -0.466 e. The van der Waals surface area contributed by atoms with Gasteiger partial charge in [-0.25, -0.2) is 0 Å². The second kappa shape index (κ2) is 7.84. The van der Waals surface area contributed by atoms with Gasteiger partial charge in [0.2, 0.25) is 0 Å². The zero-order valence-electron chi connectivity index (χ0n) is 14.4. The first-order valence-electron chi connectivity index (χ1n) is 8.03. The maximum absolute atomic E-state index is 12.0. The number of hydrogen-bond donors (Lipinski definition) is 2. The van der Waals surface area contributed by atoms with Crippen LogP contribution in [0.2, 0.25) is 0 Å². The highest BCUT2D eigenvalue weighted by Crippen LogP contribution is 2.28. The monoisotopic (exact) mass is 366 g/mol. The number of carbonyl (C=O) groups is 2. The third-order valence-electron chi connectivity index (χ3n) is 3.67. The molecule has 132 valence electrons. The lowest BCUT2D eigenvalue weighted by Crippen LogP contribution is -2.40. The van der Waals surface area contributed by atoms with Crippen LogP contribution >= 0.6 is 11.3 Å². The van der Waals surface area contributed by atoms with E-state index in [-0.39, 0.29) is 0 Å². The molecule has 26 heavy (non-hydrogen) atoms. The summed E-state index contributed by atoms with van der Waals surface area (Å²) in [5.41, 5.74) is 6.28. The number of hydrogen-bond acceptors (Lipinski definition) is 4. The number of nitrogens with one attached hydrogen (secondary N) is 2. The van der Waals surface area contributed by atoms with Crippen molar-refractivity contribution in [2.75, 3.05) is 0 Å². The molecule has 0 saturated carbocycles. The predicted octanol–water partition coefficient (Wildman–Crippen LogP) is 4.10. The molecule has 0 atom stereocenters. The molecular formula is C20H18N2O3S. The minimum atomic E-state index is -0.413. The summed E-state index contributed by atoms with van der Waals surface area (Å²) in [7, 11) is 0. The maximum Gasteiger partial charge on any atom is 0.273 e. The highest BCUT2D eigenvalue weighted by Gasteiger charge is 2.13. The summed E-state index contributed by atoms with van der Waals surface area (Å²) in [5.74, 6) is 0.331. The summed E-state index contributed by atoms with van der Waals surface area (Å²) in [6.45, 7) is 3.46. The third-order valence-corrected chi connectivity index (χ3v) is 4.77. The molecule has 6 heteroatoms. The Morgan fingerprint density at radius 3 is 2.50 bits per heavy atom. The number of carbonyl (C=O) groups excluding carboxylic acids is 2. The topological polar surface area (TPSA) is 71.3 Å². The Morgan fingerprint density at radius 2 is 1.81 bits per heavy atom. The van der Waals surface area contributed by atoms with E-state index < -0.39 is 11.8 Å². The zero-order chi connectivity index (χ0) is 18.5. The van der Waals surface area contributed by atoms with Gasteiger partial charge in [-0.1, -0.05) is 30.3 Å². The highest BCUT2D eigenvalue weighted by atomic mass is 32.1. The molecule has 2 aromatic heterocycles. The average Bonchev–Trinajstić information content (AvgIpc) is 3.25. The number of amides is 2. The van der Waals surface area contributed by atoms with Gasteiger partial charge in [-0.15, -0.1) is 11.3 Å². The number of aryl methyl sites for hydroxylation is 2. The van der Waals surface area contributed by atoms with Crippen molar-refractivity contribution in [1.82, 2.24) is 10.9 Å². The van der Waals surface area contributed by atoms with Crippen molar-refractivity contribution >= 4 is 29.2 Å². The second-order valence-corrected chi connectivity index (χ2v) is 6.79. The van der Waals surface area contributed by atoms with Crippen molar-refractivity contribution < 1.29 is 14.0 Å². The molecule has 0 spiro atoms. The third kappa shape index (κ3) is 4.29. The van der Waals surface area contributed by atoms with Crippen molar-refractivity contribution in [3.8, 4) is 10.4 Å². The fourth-order valence-electron chi connectivity index (χ4n) is 2.44. The SMILES string of the molecule is Cc1cc(C(=O)NNC(=O)/C=C/c2ccc(-c3ccccc3)s2)c(C)o1. The fraction of sp³-hybridized carbons (Fsp3) is 0.100. The molecule has 5 nitrogen and oxygen atoms in total. The van der Waals surface area contributed by atoms with Crippen LogP contribution in [0, 0.1) is 13.8 Å². The van der Waals surface area contributed by atoms with E-state index in [4.69, 9.17) is 4.42 Å². The van der Waals surface area contributed by atoms with Gasteiger partial charge < -0.3 is 4.42 Å². The van der Waals surface area contributed by atoms with Crippen LogP contribution in [0.3, 0.4) is 0 Å². The van der Waals surface area contributed by atoms with E-state index in [2.05, 4.69) is 10.9 Å². The van der Waals surface area contributed by atoms with Gasteiger partial charge in [0.25, 0.3) is 11.8 Å². The van der Waals surface area contributed by atoms with Crippen LogP contribution in [0.15, 0.2) is 59.0 Å². The maximum atomic E-state index is 12.0. The largest absolute Gasteiger partial charge is 0.466 e. The lowest BCUT2D eigenvalue weighted by molar-refractivity contribution is -0.117. The first kappa shape index (κ1) is 17.7. The number of furan rings is 1. The Labute approximate surface area is 155 Å². The molecule has 0 bridgehead atoms. The molecule has 0 aliphatic heterocycles. The molecule has 3 rings (SSSR count). The van der Waals surface area contributed by atoms with Crippen LogP contribution in [0.25, 0.3) is 16.5 Å². The zero-order valence-corrected chi connectivity index (χ0v) is 15.2. The number of benzene rings is 1. The molecule has 2 heterocycles. The lowest BCUT2D eigenvalue weighted by Gasteiger charge is -2.03. The number of rotatable bonds is 4. The standard InChI is InChI=1S/C20H18N2O3S/c1-13-12-17(14(2)25-13)20(24)22-21-19(23)11-9-16-8-10-18(26-16)15-6-4-3-5-7-15/h3-12H,1-2H3,(H,21,23)(H,22,24)/b11-9+. The number of thiophene rings is 1. The normalized spacial score (nSPS) is 10.8. The summed E-state index contributed by atoms with van der Waals surface area (Å²) in [5, 5.41) is 0. The molecule has 1 aromatic carbocycles. The summed E-state index contributed by atoms with van der Waals surface area (Å²) in [6.07, 6.45) is 3.10. The molecule has 0 radical (unpaired) electrons. The van der Waals surface area contributed by atoms with Crippen LogP contribution in [0.5, 0.6) is 0 Å². The van der Waals surface area contributed by atoms with Crippen molar-refractivity contribution in [3.05, 3.63) is 76.6 Å². The van der Waals surface area contributed by atoms with Crippen LogP contribution in [0.1, 0.15) is 26.8 Å². The van der Waals surface area contributed by atoms with Crippen molar-refractivity contribution in [2.45, 2.75) is 13.8 Å². The molecule has 0 saturated heterocycles. The van der Waals surface area contributed by atoms with Crippen molar-refractivity contribution in [1.29, 1.82) is 0 Å². The van der Waals surface area contributed by atoms with Gasteiger partial charge in [-0.2, -0.15) is 0 Å². The molecule has 0 fully saturated rings. The van der Waals surface area contributed by atoms with Crippen LogP contribution < -0.4 is 10.9 Å². The Balaban J connectivity index is 1.56. The predicted molar refractivity (Wildman–Crippen MR) is 103 cm³/mol. The Hall–Kier alpha value is -3.12. The molecule has 0 aliphatic rings. The van der Waals surface area contributed by atoms with Gasteiger partial charge in [-0.3, -0.25) is 20.4 Å². The van der Waals surface area contributed by atoms with E-state index in [1.807, 2.05) is 42.5 Å². The van der Waals surface area contributed by atoms with Gasteiger partial charge >= 0.3 is 0 Å². The van der Waals surface area contributed by atoms with Crippen LogP contribution in [-0.2, 0) is 4.79 Å². The molecule has 0 aliphatic carbocycles. The van der Waals surface area contributed by atoms with E-state index >= 15 is 0 Å². The van der Waals surface area contributed by atoms with E-state index in [1.165, 1.54) is 6.08 Å². The first-order valence-corrected chi connectivity index (χ1v) is 8.85. The summed E-state index contributed by atoms with van der Waals surface area (Å²) in [6, 6.07) is 15.6. The van der Waals surface area contributed by atoms with Gasteiger partial charge in [0, 0.05) is 15.8 Å². The molecule has 2 amide bonds. The first-order chi connectivity index (χ1) is 12.5. The summed E-state index contributed by atoms with van der Waals surface area (Å²) >= 11 is 1.59. The van der Waals surface area contributed by atoms with Crippen molar-refractivity contribution in [2.24, 2.45) is 0 Å². The van der Waals surface area contributed by atoms with Crippen LogP contribution in [-0.4, -0.2) is 11.8 Å². The quantitative estimate of drug-likeness (QED) is 0.539. The minimum absolute atomic E-state index is 0.400. The second-order valence-electron chi connectivity index (χ2n) is 5.67. The van der Waals surface area contributed by atoms with Crippen molar-refractivity contribution in [3.63, 3.8) is 0 Å². The fourth-order valence-corrected chi connectivity index (χ4v) is 3.36. The van der Waals surface area contributed by atoms with Crippen LogP contribution in [0.4, 0.5) is 0 Å². The smallest absolute Gasteiger partial charge is 0.273 e. The molecular weight excluding hydrogens is 348 g/mol. The van der Waals surface area contributed by atoms with Gasteiger partial charge in [0.1, 0.15) is 11.5 Å². The molecule has 2 N–H and O–H groups in total.